The monoisotopic (exact) mass is 532 g/mol. The van der Waals surface area contributed by atoms with E-state index >= 15 is 0 Å². The second-order valence-corrected chi connectivity index (χ2v) is 10.4. The number of aromatic nitrogens is 1. The molecule has 2 aromatic carbocycles. The second-order valence-electron chi connectivity index (χ2n) is 10.4. The first-order valence-corrected chi connectivity index (χ1v) is 13.5. The number of aliphatic carboxylic acids is 1. The third-order valence-corrected chi connectivity index (χ3v) is 7.66. The molecule has 1 aliphatic heterocycles. The van der Waals surface area contributed by atoms with Gasteiger partial charge in [-0.3, -0.25) is 19.2 Å². The molecule has 4 rings (SSSR count). The van der Waals surface area contributed by atoms with Gasteiger partial charge in [0.2, 0.25) is 11.8 Å². The summed E-state index contributed by atoms with van der Waals surface area (Å²) in [7, 11) is 0. The summed E-state index contributed by atoms with van der Waals surface area (Å²) >= 11 is 0. The molecule has 1 saturated heterocycles. The van der Waals surface area contributed by atoms with E-state index in [2.05, 4.69) is 5.32 Å². The number of aryl methyl sites for hydroxylation is 1. The van der Waals surface area contributed by atoms with Crippen LogP contribution in [0.15, 0.2) is 60.7 Å². The average Bonchev–Trinajstić information content (AvgIpc) is 3.18. The van der Waals surface area contributed by atoms with Crippen molar-refractivity contribution in [2.45, 2.75) is 64.1 Å². The third-order valence-electron chi connectivity index (χ3n) is 7.66. The molecule has 9 nitrogen and oxygen atoms in total. The number of para-hydroxylation sites is 1. The highest BCUT2D eigenvalue weighted by Crippen LogP contribution is 2.38. The molecule has 9 heteroatoms. The number of likely N-dealkylation sites (tertiary alicyclic amines) is 1. The number of carbonyl (C=O) groups is 4. The van der Waals surface area contributed by atoms with Gasteiger partial charge in [0.1, 0.15) is 17.3 Å². The highest BCUT2D eigenvalue weighted by Gasteiger charge is 2.51. The standard InChI is InChI=1S/C30H36N4O5/c1-20(2)30(29(31)39,22-12-4-3-5-13-22)34-18-9-8-14-23(28(34)38)32-27(37)25-19-21-11-6-7-15-24(21)33(25)17-10-16-26(35)36/h3-7,11-13,15,19-20,23H,8-10,14,16-18H2,1-2H3,(H2,31,39)(H,32,37)(H,35,36). The van der Waals surface area contributed by atoms with E-state index in [1.807, 2.05) is 68.4 Å². The predicted molar refractivity (Wildman–Crippen MR) is 148 cm³/mol. The zero-order valence-electron chi connectivity index (χ0n) is 22.4. The number of amides is 3. The maximum Gasteiger partial charge on any atom is 0.303 e. The molecule has 39 heavy (non-hydrogen) atoms. The summed E-state index contributed by atoms with van der Waals surface area (Å²) in [5.74, 6) is -2.58. The molecule has 2 unspecified atom stereocenters. The summed E-state index contributed by atoms with van der Waals surface area (Å²) in [5, 5.41) is 12.9. The predicted octanol–water partition coefficient (Wildman–Crippen LogP) is 3.65. The van der Waals surface area contributed by atoms with Gasteiger partial charge < -0.3 is 25.6 Å². The van der Waals surface area contributed by atoms with Crippen LogP contribution in [-0.2, 0) is 26.5 Å². The molecular weight excluding hydrogens is 496 g/mol. The SMILES string of the molecule is CC(C)C(C(N)=O)(c1ccccc1)N1CCCCC(NC(=O)c2cc3ccccc3n2CCCC(=O)O)C1=O. The van der Waals surface area contributed by atoms with Gasteiger partial charge in [-0.15, -0.1) is 0 Å². The highest BCUT2D eigenvalue weighted by molar-refractivity contribution is 6.01. The number of carbonyl (C=O) groups excluding carboxylic acids is 3. The fourth-order valence-corrected chi connectivity index (χ4v) is 5.84. The van der Waals surface area contributed by atoms with Crippen LogP contribution >= 0.6 is 0 Å². The maximum atomic E-state index is 14.1. The zero-order chi connectivity index (χ0) is 28.2. The Labute approximate surface area is 228 Å². The third kappa shape index (κ3) is 5.39. The molecule has 2 heterocycles. The van der Waals surface area contributed by atoms with E-state index < -0.39 is 29.4 Å². The lowest BCUT2D eigenvalue weighted by molar-refractivity contribution is -0.151. The molecule has 0 saturated carbocycles. The highest BCUT2D eigenvalue weighted by atomic mass is 16.4. The van der Waals surface area contributed by atoms with Crippen LogP contribution in [0, 0.1) is 5.92 Å². The molecule has 1 aromatic heterocycles. The number of rotatable bonds is 10. The van der Waals surface area contributed by atoms with Crippen molar-refractivity contribution in [1.82, 2.24) is 14.8 Å². The number of nitrogens with two attached hydrogens (primary N) is 1. The van der Waals surface area contributed by atoms with Gasteiger partial charge in [-0.1, -0.05) is 62.4 Å². The molecule has 1 aliphatic rings. The Morgan fingerprint density at radius 2 is 1.77 bits per heavy atom. The fourth-order valence-electron chi connectivity index (χ4n) is 5.84. The Kier molecular flexibility index (Phi) is 8.38. The molecule has 0 radical (unpaired) electrons. The van der Waals surface area contributed by atoms with Crippen LogP contribution in [0.2, 0.25) is 0 Å². The Morgan fingerprint density at radius 3 is 2.44 bits per heavy atom. The van der Waals surface area contributed by atoms with Gasteiger partial charge in [-0.2, -0.15) is 0 Å². The first kappa shape index (κ1) is 27.9. The van der Waals surface area contributed by atoms with E-state index in [9.17, 15) is 19.2 Å². The van der Waals surface area contributed by atoms with Crippen molar-refractivity contribution >= 4 is 34.6 Å². The van der Waals surface area contributed by atoms with Crippen LogP contribution in [0.5, 0.6) is 0 Å². The topological polar surface area (TPSA) is 135 Å². The van der Waals surface area contributed by atoms with Crippen molar-refractivity contribution < 1.29 is 24.3 Å². The second kappa shape index (κ2) is 11.7. The molecule has 206 valence electrons. The molecule has 0 spiro atoms. The van der Waals surface area contributed by atoms with Crippen LogP contribution < -0.4 is 11.1 Å². The molecule has 2 atom stereocenters. The van der Waals surface area contributed by atoms with Crippen molar-refractivity contribution in [2.24, 2.45) is 11.7 Å². The number of carboxylic acid groups (broad SMARTS) is 1. The van der Waals surface area contributed by atoms with E-state index in [4.69, 9.17) is 10.8 Å². The summed E-state index contributed by atoms with van der Waals surface area (Å²) < 4.78 is 1.80. The van der Waals surface area contributed by atoms with Crippen LogP contribution in [0.1, 0.15) is 62.0 Å². The Bertz CT molecular complexity index is 1370. The number of hydrogen-bond acceptors (Lipinski definition) is 4. The quantitative estimate of drug-likeness (QED) is 0.366. The number of nitrogens with one attached hydrogen (secondary N) is 1. The Morgan fingerprint density at radius 1 is 1.08 bits per heavy atom. The molecule has 1 fully saturated rings. The smallest absolute Gasteiger partial charge is 0.303 e. The number of nitrogens with zero attached hydrogens (tertiary/aromatic N) is 2. The van der Waals surface area contributed by atoms with Crippen LogP contribution in [-0.4, -0.2) is 50.9 Å². The lowest BCUT2D eigenvalue weighted by Crippen LogP contribution is -2.63. The summed E-state index contributed by atoms with van der Waals surface area (Å²) in [4.78, 5) is 53.5. The average molecular weight is 533 g/mol. The van der Waals surface area contributed by atoms with E-state index in [-0.39, 0.29) is 18.2 Å². The number of benzene rings is 2. The minimum Gasteiger partial charge on any atom is -0.481 e. The van der Waals surface area contributed by atoms with Gasteiger partial charge in [0, 0.05) is 30.4 Å². The number of fused-ring (bicyclic) bond motifs is 1. The lowest BCUT2D eigenvalue weighted by atomic mass is 9.77. The summed E-state index contributed by atoms with van der Waals surface area (Å²) in [6.45, 7) is 4.44. The van der Waals surface area contributed by atoms with Gasteiger partial charge >= 0.3 is 5.97 Å². The van der Waals surface area contributed by atoms with Gasteiger partial charge in [0.25, 0.3) is 5.91 Å². The molecule has 4 N–H and O–H groups in total. The van der Waals surface area contributed by atoms with Crippen molar-refractivity contribution in [3.8, 4) is 0 Å². The maximum absolute atomic E-state index is 14.1. The Balaban J connectivity index is 1.67. The van der Waals surface area contributed by atoms with Crippen molar-refractivity contribution in [2.75, 3.05) is 6.54 Å². The fraction of sp³-hybridized carbons (Fsp3) is 0.400. The van der Waals surface area contributed by atoms with Crippen molar-refractivity contribution in [1.29, 1.82) is 0 Å². The van der Waals surface area contributed by atoms with E-state index in [1.54, 1.807) is 15.5 Å². The minimum atomic E-state index is -1.36. The van der Waals surface area contributed by atoms with Crippen LogP contribution in [0.3, 0.4) is 0 Å². The van der Waals surface area contributed by atoms with E-state index in [0.29, 0.717) is 50.0 Å². The molecule has 3 aromatic rings. The molecule has 0 bridgehead atoms. The van der Waals surface area contributed by atoms with Gasteiger partial charge in [-0.25, -0.2) is 0 Å². The van der Waals surface area contributed by atoms with E-state index in [1.165, 1.54) is 0 Å². The zero-order valence-corrected chi connectivity index (χ0v) is 22.4. The van der Waals surface area contributed by atoms with Gasteiger partial charge in [0.05, 0.1) is 0 Å². The van der Waals surface area contributed by atoms with Gasteiger partial charge in [0.15, 0.2) is 0 Å². The van der Waals surface area contributed by atoms with E-state index in [0.717, 1.165) is 10.9 Å². The largest absolute Gasteiger partial charge is 0.481 e. The molecule has 0 aliphatic carbocycles. The Hall–Kier alpha value is -4.14. The summed E-state index contributed by atoms with van der Waals surface area (Å²) in [6.07, 6.45) is 2.13. The number of hydrogen-bond donors (Lipinski definition) is 3. The molecule has 3 amide bonds. The first-order chi connectivity index (χ1) is 18.7. The number of primary amides is 1. The number of carboxylic acids is 1. The summed E-state index contributed by atoms with van der Waals surface area (Å²) in [5.41, 5.74) is 6.51. The minimum absolute atomic E-state index is 0.0203. The van der Waals surface area contributed by atoms with Crippen LogP contribution in [0.4, 0.5) is 0 Å². The van der Waals surface area contributed by atoms with Crippen molar-refractivity contribution in [3.05, 3.63) is 71.9 Å². The first-order valence-electron chi connectivity index (χ1n) is 13.5. The summed E-state index contributed by atoms with van der Waals surface area (Å²) in [6, 6.07) is 17.5. The van der Waals surface area contributed by atoms with Crippen molar-refractivity contribution in [3.63, 3.8) is 0 Å². The normalized spacial score (nSPS) is 17.6. The molecular formula is C30H36N4O5. The van der Waals surface area contributed by atoms with Crippen LogP contribution in [0.25, 0.3) is 10.9 Å². The van der Waals surface area contributed by atoms with Gasteiger partial charge in [-0.05, 0) is 49.3 Å². The lowest BCUT2D eigenvalue weighted by Gasteiger charge is -2.45.